The van der Waals surface area contributed by atoms with Gasteiger partial charge in [-0.1, -0.05) is 0 Å². The van der Waals surface area contributed by atoms with Crippen LogP contribution in [0.3, 0.4) is 0 Å². The van der Waals surface area contributed by atoms with Crippen LogP contribution in [0.5, 0.6) is 0 Å². The molecule has 0 fully saturated rings. The molecule has 0 aromatic rings. The molecule has 0 unspecified atom stereocenters. The monoisotopic (exact) mass is 248 g/mol. The summed E-state index contributed by atoms with van der Waals surface area (Å²) in [4.78, 5) is 0. The maximum atomic E-state index is 11.4. The molecule has 0 aliphatic rings. The predicted molar refractivity (Wildman–Crippen MR) is 60.7 cm³/mol. The maximum Gasteiger partial charge on any atom is 0.332 e. The summed E-state index contributed by atoms with van der Waals surface area (Å²) < 4.78 is 22.1. The Labute approximate surface area is 98.0 Å². The number of aliphatic hydroxyl groups is 2. The first-order valence-corrected chi connectivity index (χ1v) is 6.31. The highest BCUT2D eigenvalue weighted by molar-refractivity contribution is 6.23. The number of hydrogen-bond donors (Lipinski definition) is 2. The van der Waals surface area contributed by atoms with E-state index in [0.717, 1.165) is 0 Å². The van der Waals surface area contributed by atoms with E-state index in [-0.39, 0.29) is 13.2 Å². The van der Waals surface area contributed by atoms with Crippen LogP contribution < -0.4 is 0 Å². The van der Waals surface area contributed by atoms with Gasteiger partial charge in [0, 0.05) is 18.8 Å². The SMILES string of the molecule is CCOC(OCC)([SiH]=O)C(CO)=C(C)CO. The van der Waals surface area contributed by atoms with Crippen molar-refractivity contribution in [1.29, 1.82) is 0 Å². The first-order chi connectivity index (χ1) is 7.61. The van der Waals surface area contributed by atoms with E-state index in [9.17, 15) is 9.57 Å². The van der Waals surface area contributed by atoms with Gasteiger partial charge in [0.1, 0.15) is 0 Å². The number of hydrogen-bond acceptors (Lipinski definition) is 5. The highest BCUT2D eigenvalue weighted by Crippen LogP contribution is 2.23. The Morgan fingerprint density at radius 1 is 1.19 bits per heavy atom. The summed E-state index contributed by atoms with van der Waals surface area (Å²) in [5.41, 5.74) is -0.498. The van der Waals surface area contributed by atoms with Crippen molar-refractivity contribution in [3.05, 3.63) is 11.1 Å². The fourth-order valence-corrected chi connectivity index (χ4v) is 2.37. The van der Waals surface area contributed by atoms with Crippen molar-refractivity contribution in [2.75, 3.05) is 26.4 Å². The molecule has 0 rings (SSSR count). The largest absolute Gasteiger partial charge is 0.392 e. The molecule has 0 aromatic carbocycles. The molecule has 0 radical (unpaired) electrons. The first-order valence-electron chi connectivity index (χ1n) is 5.26. The number of ether oxygens (including phenoxy) is 2. The molecule has 5 nitrogen and oxygen atoms in total. The Hall–Kier alpha value is -0.403. The molecule has 0 aliphatic carbocycles. The Balaban J connectivity index is 5.33. The van der Waals surface area contributed by atoms with Crippen LogP contribution >= 0.6 is 0 Å². The lowest BCUT2D eigenvalue weighted by molar-refractivity contribution is -0.155. The van der Waals surface area contributed by atoms with E-state index in [0.29, 0.717) is 24.4 Å². The van der Waals surface area contributed by atoms with Crippen LogP contribution in [-0.2, 0) is 13.9 Å². The van der Waals surface area contributed by atoms with E-state index in [1.807, 2.05) is 0 Å². The third kappa shape index (κ3) is 3.57. The zero-order chi connectivity index (χ0) is 12.6. The highest BCUT2D eigenvalue weighted by atomic mass is 28.2. The second-order valence-electron chi connectivity index (χ2n) is 3.23. The van der Waals surface area contributed by atoms with Crippen molar-refractivity contribution in [2.24, 2.45) is 0 Å². The lowest BCUT2D eigenvalue weighted by Crippen LogP contribution is -2.43. The Morgan fingerprint density at radius 2 is 1.69 bits per heavy atom. The lowest BCUT2D eigenvalue weighted by Gasteiger charge is -2.30. The molecule has 6 heteroatoms. The molecule has 0 heterocycles. The molecule has 0 aliphatic heterocycles. The van der Waals surface area contributed by atoms with Crippen LogP contribution in [0.4, 0.5) is 0 Å². The van der Waals surface area contributed by atoms with Crippen LogP contribution in [-0.4, -0.2) is 51.5 Å². The second-order valence-corrected chi connectivity index (χ2v) is 4.22. The van der Waals surface area contributed by atoms with Crippen molar-refractivity contribution < 1.29 is 24.1 Å². The highest BCUT2D eigenvalue weighted by Gasteiger charge is 2.37. The van der Waals surface area contributed by atoms with Crippen LogP contribution in [0.1, 0.15) is 20.8 Å². The third-order valence-electron chi connectivity index (χ3n) is 2.20. The molecule has 0 atom stereocenters. The molecular weight excluding hydrogens is 228 g/mol. The average Bonchev–Trinajstić information content (AvgIpc) is 2.29. The molecule has 16 heavy (non-hydrogen) atoms. The van der Waals surface area contributed by atoms with Crippen molar-refractivity contribution in [1.82, 2.24) is 0 Å². The van der Waals surface area contributed by atoms with Crippen LogP contribution in [0.15, 0.2) is 11.1 Å². The topological polar surface area (TPSA) is 76.0 Å². The van der Waals surface area contributed by atoms with E-state index in [1.165, 1.54) is 0 Å². The smallest absolute Gasteiger partial charge is 0.332 e. The van der Waals surface area contributed by atoms with Crippen LogP contribution in [0.25, 0.3) is 0 Å². The number of rotatable bonds is 8. The van der Waals surface area contributed by atoms with Crippen molar-refractivity contribution in [3.8, 4) is 0 Å². The quantitative estimate of drug-likeness (QED) is 0.353. The molecule has 94 valence electrons. The van der Waals surface area contributed by atoms with Crippen LogP contribution in [0, 0.1) is 0 Å². The molecular formula is C10H20O5Si. The molecule has 0 amide bonds. The van der Waals surface area contributed by atoms with E-state index < -0.39 is 14.8 Å². The normalized spacial score (nSPS) is 13.6. The van der Waals surface area contributed by atoms with Gasteiger partial charge < -0.3 is 24.1 Å². The zero-order valence-corrected chi connectivity index (χ0v) is 11.2. The molecule has 0 saturated heterocycles. The van der Waals surface area contributed by atoms with Gasteiger partial charge in [0.2, 0.25) is 5.41 Å². The maximum absolute atomic E-state index is 11.4. The summed E-state index contributed by atoms with van der Waals surface area (Å²) in [5.74, 6) is 0. The minimum absolute atomic E-state index is 0.225. The van der Waals surface area contributed by atoms with Gasteiger partial charge in [-0.3, -0.25) is 0 Å². The number of aliphatic hydroxyl groups excluding tert-OH is 2. The minimum atomic E-state index is -1.42. The fourth-order valence-electron chi connectivity index (χ4n) is 1.42. The summed E-state index contributed by atoms with van der Waals surface area (Å²) in [5, 5.41) is 18.4. The molecule has 0 saturated carbocycles. The Morgan fingerprint density at radius 3 is 1.94 bits per heavy atom. The average molecular weight is 248 g/mol. The minimum Gasteiger partial charge on any atom is -0.392 e. The third-order valence-corrected chi connectivity index (χ3v) is 3.20. The van der Waals surface area contributed by atoms with Gasteiger partial charge in [-0.15, -0.1) is 0 Å². The Kier molecular flexibility index (Phi) is 7.61. The molecule has 0 aromatic heterocycles. The zero-order valence-electron chi connectivity index (χ0n) is 10.0. The van der Waals surface area contributed by atoms with Gasteiger partial charge in [0.25, 0.3) is 0 Å². The first kappa shape index (κ1) is 15.6. The summed E-state index contributed by atoms with van der Waals surface area (Å²) in [6.07, 6.45) is 0. The van der Waals surface area contributed by atoms with Gasteiger partial charge >= 0.3 is 9.41 Å². The van der Waals surface area contributed by atoms with Crippen molar-refractivity contribution in [3.63, 3.8) is 0 Å². The second kappa shape index (κ2) is 7.80. The summed E-state index contributed by atoms with van der Waals surface area (Å²) >= 11 is 0. The van der Waals surface area contributed by atoms with Gasteiger partial charge in [-0.2, -0.15) is 0 Å². The van der Waals surface area contributed by atoms with Gasteiger partial charge in [0.15, 0.2) is 0 Å². The summed E-state index contributed by atoms with van der Waals surface area (Å²) in [6, 6.07) is 0. The van der Waals surface area contributed by atoms with Gasteiger partial charge in [0.05, 0.1) is 13.2 Å². The fraction of sp³-hybridized carbons (Fsp3) is 0.800. The molecule has 2 N–H and O–H groups in total. The van der Waals surface area contributed by atoms with Crippen molar-refractivity contribution in [2.45, 2.75) is 26.2 Å². The van der Waals surface area contributed by atoms with E-state index in [2.05, 4.69) is 0 Å². The van der Waals surface area contributed by atoms with Gasteiger partial charge in [-0.25, -0.2) is 0 Å². The summed E-state index contributed by atoms with van der Waals surface area (Å²) in [6.45, 7) is 5.22. The van der Waals surface area contributed by atoms with E-state index in [4.69, 9.17) is 14.6 Å². The summed E-state index contributed by atoms with van der Waals surface area (Å²) in [7, 11) is -1.42. The van der Waals surface area contributed by atoms with E-state index in [1.54, 1.807) is 20.8 Å². The Bertz CT molecular complexity index is 246. The molecule has 0 spiro atoms. The molecule has 0 bridgehead atoms. The standard InChI is InChI=1S/C10H20O5Si/c1-4-14-10(16-13,15-5-2)9(7-12)8(3)6-11/h11-12,16H,4-7H2,1-3H3. The van der Waals surface area contributed by atoms with Crippen molar-refractivity contribution >= 4 is 9.41 Å². The van der Waals surface area contributed by atoms with Crippen LogP contribution in [0.2, 0.25) is 0 Å². The van der Waals surface area contributed by atoms with E-state index >= 15 is 0 Å². The lowest BCUT2D eigenvalue weighted by atomic mass is 10.1. The predicted octanol–water partition coefficient (Wildman–Crippen LogP) is -0.204. The van der Waals surface area contributed by atoms with Gasteiger partial charge in [-0.05, 0) is 26.3 Å².